The molecule has 15 heavy (non-hydrogen) atoms. The molecular weight excluding hydrogens is 189 g/mol. The molecule has 0 N–H and O–H groups in total. The molecule has 0 saturated heterocycles. The number of anilines is 1. The predicted octanol–water partition coefficient (Wildman–Crippen LogP) is 3.87. The lowest BCUT2D eigenvalue weighted by molar-refractivity contribution is 0.626. The van der Waals surface area contributed by atoms with E-state index in [9.17, 15) is 4.39 Å². The molecule has 0 bridgehead atoms. The number of halogens is 1. The molecule has 0 saturated carbocycles. The van der Waals surface area contributed by atoms with Gasteiger partial charge in [-0.25, -0.2) is 4.39 Å². The van der Waals surface area contributed by atoms with E-state index in [1.807, 2.05) is 45.7 Å². The quantitative estimate of drug-likeness (QED) is 0.629. The van der Waals surface area contributed by atoms with E-state index in [0.717, 1.165) is 24.2 Å². The second-order valence-electron chi connectivity index (χ2n) is 2.92. The van der Waals surface area contributed by atoms with Gasteiger partial charge in [0.05, 0.1) is 5.69 Å². The first-order valence-corrected chi connectivity index (χ1v) is 5.77. The Kier molecular flexibility index (Phi) is 6.76. The Morgan fingerprint density at radius 1 is 1.13 bits per heavy atom. The van der Waals surface area contributed by atoms with Gasteiger partial charge in [-0.1, -0.05) is 39.8 Å². The van der Waals surface area contributed by atoms with Crippen molar-refractivity contribution in [2.24, 2.45) is 0 Å². The SMILES string of the molecule is CC.CC.CN1CCc2cccc(F)c21. The lowest BCUT2D eigenvalue weighted by Crippen LogP contribution is -2.13. The fraction of sp³-hybridized carbons (Fsp3) is 0.538. The van der Waals surface area contributed by atoms with Crippen LogP contribution in [0.3, 0.4) is 0 Å². The van der Waals surface area contributed by atoms with Gasteiger partial charge in [-0.3, -0.25) is 0 Å². The standard InChI is InChI=1S/C9H10FN.2C2H6/c1-11-6-5-7-3-2-4-8(10)9(7)11;2*1-2/h2-4H,5-6H2,1H3;2*1-2H3. The summed E-state index contributed by atoms with van der Waals surface area (Å²) in [5.41, 5.74) is 1.92. The maximum Gasteiger partial charge on any atom is 0.146 e. The third kappa shape index (κ3) is 3.22. The molecule has 2 rings (SSSR count). The molecule has 1 heterocycles. The van der Waals surface area contributed by atoms with Crippen LogP contribution in [0.5, 0.6) is 0 Å². The van der Waals surface area contributed by atoms with E-state index in [1.165, 1.54) is 6.07 Å². The summed E-state index contributed by atoms with van der Waals surface area (Å²) < 4.78 is 13.1. The summed E-state index contributed by atoms with van der Waals surface area (Å²) in [7, 11) is 1.93. The molecule has 2 heteroatoms. The third-order valence-corrected chi connectivity index (χ3v) is 2.17. The first-order chi connectivity index (χ1) is 7.29. The van der Waals surface area contributed by atoms with E-state index >= 15 is 0 Å². The van der Waals surface area contributed by atoms with Gasteiger partial charge >= 0.3 is 0 Å². The molecule has 1 aliphatic rings. The molecule has 1 nitrogen and oxygen atoms in total. The van der Waals surface area contributed by atoms with E-state index < -0.39 is 0 Å². The number of nitrogens with zero attached hydrogens (tertiary/aromatic N) is 1. The first kappa shape index (κ1) is 13.9. The molecule has 0 atom stereocenters. The Morgan fingerprint density at radius 2 is 1.73 bits per heavy atom. The van der Waals surface area contributed by atoms with E-state index in [0.29, 0.717) is 0 Å². The maximum absolute atomic E-state index is 13.1. The summed E-state index contributed by atoms with van der Waals surface area (Å²) in [6.45, 7) is 8.94. The molecule has 0 aromatic heterocycles. The Labute approximate surface area is 92.9 Å². The van der Waals surface area contributed by atoms with Crippen molar-refractivity contribution >= 4 is 5.69 Å². The van der Waals surface area contributed by atoms with Crippen LogP contribution in [0.25, 0.3) is 0 Å². The second kappa shape index (κ2) is 7.27. The molecule has 0 unspecified atom stereocenters. The van der Waals surface area contributed by atoms with Crippen LogP contribution in [0, 0.1) is 5.82 Å². The Bertz CT molecular complexity index is 284. The zero-order valence-electron chi connectivity index (χ0n) is 10.5. The molecule has 1 aliphatic heterocycles. The topological polar surface area (TPSA) is 3.24 Å². The van der Waals surface area contributed by atoms with Gasteiger partial charge in [0.2, 0.25) is 0 Å². The maximum atomic E-state index is 13.1. The summed E-state index contributed by atoms with van der Waals surface area (Å²) in [4.78, 5) is 1.96. The molecule has 1 aromatic rings. The van der Waals surface area contributed by atoms with Crippen molar-refractivity contribution in [3.05, 3.63) is 29.6 Å². The van der Waals surface area contributed by atoms with Gasteiger partial charge in [0.25, 0.3) is 0 Å². The van der Waals surface area contributed by atoms with Crippen LogP contribution < -0.4 is 4.90 Å². The van der Waals surface area contributed by atoms with Gasteiger partial charge < -0.3 is 4.90 Å². The van der Waals surface area contributed by atoms with Crippen LogP contribution in [0.1, 0.15) is 33.3 Å². The van der Waals surface area contributed by atoms with Gasteiger partial charge in [-0.05, 0) is 18.1 Å². The molecule has 0 radical (unpaired) electrons. The highest BCUT2D eigenvalue weighted by Gasteiger charge is 2.18. The second-order valence-corrected chi connectivity index (χ2v) is 2.92. The van der Waals surface area contributed by atoms with Crippen molar-refractivity contribution in [3.8, 4) is 0 Å². The highest BCUT2D eigenvalue weighted by Crippen LogP contribution is 2.28. The summed E-state index contributed by atoms with van der Waals surface area (Å²) in [5, 5.41) is 0. The van der Waals surface area contributed by atoms with E-state index in [-0.39, 0.29) is 5.82 Å². The highest BCUT2D eigenvalue weighted by atomic mass is 19.1. The van der Waals surface area contributed by atoms with Crippen LogP contribution in [-0.4, -0.2) is 13.6 Å². The molecule has 0 aliphatic carbocycles. The zero-order valence-corrected chi connectivity index (χ0v) is 10.5. The van der Waals surface area contributed by atoms with Gasteiger partial charge in [-0.15, -0.1) is 0 Å². The van der Waals surface area contributed by atoms with Crippen LogP contribution in [0.4, 0.5) is 10.1 Å². The number of fused-ring (bicyclic) bond motifs is 1. The summed E-state index contributed by atoms with van der Waals surface area (Å²) in [6.07, 6.45) is 0.976. The smallest absolute Gasteiger partial charge is 0.146 e. The minimum absolute atomic E-state index is 0.0949. The van der Waals surface area contributed by atoms with Crippen molar-refractivity contribution in [1.29, 1.82) is 0 Å². The number of benzene rings is 1. The average molecular weight is 211 g/mol. The number of para-hydroxylation sites is 1. The average Bonchev–Trinajstić information content (AvgIpc) is 2.68. The monoisotopic (exact) mass is 211 g/mol. The molecule has 0 spiro atoms. The van der Waals surface area contributed by atoms with Crippen molar-refractivity contribution in [2.75, 3.05) is 18.5 Å². The highest BCUT2D eigenvalue weighted by molar-refractivity contribution is 5.58. The minimum atomic E-state index is -0.0949. The third-order valence-electron chi connectivity index (χ3n) is 2.17. The summed E-state index contributed by atoms with van der Waals surface area (Å²) in [5.74, 6) is -0.0949. The minimum Gasteiger partial charge on any atom is -0.372 e. The van der Waals surface area contributed by atoms with Crippen LogP contribution in [0.2, 0.25) is 0 Å². The number of hydrogen-bond donors (Lipinski definition) is 0. The van der Waals surface area contributed by atoms with E-state index in [1.54, 1.807) is 6.07 Å². The van der Waals surface area contributed by atoms with Crippen LogP contribution in [-0.2, 0) is 6.42 Å². The predicted molar refractivity (Wildman–Crippen MR) is 66.1 cm³/mol. The molecule has 1 aromatic carbocycles. The largest absolute Gasteiger partial charge is 0.372 e. The fourth-order valence-electron chi connectivity index (χ4n) is 1.59. The Morgan fingerprint density at radius 3 is 2.27 bits per heavy atom. The van der Waals surface area contributed by atoms with Gasteiger partial charge in [0.15, 0.2) is 0 Å². The molecule has 86 valence electrons. The van der Waals surface area contributed by atoms with Gasteiger partial charge in [-0.2, -0.15) is 0 Å². The Hall–Kier alpha value is -1.05. The zero-order chi connectivity index (χ0) is 11.8. The Balaban J connectivity index is 0.000000442. The lowest BCUT2D eigenvalue weighted by Gasteiger charge is -2.11. The van der Waals surface area contributed by atoms with Crippen LogP contribution in [0.15, 0.2) is 18.2 Å². The molecular formula is C13H22FN. The first-order valence-electron chi connectivity index (χ1n) is 5.77. The normalized spacial score (nSPS) is 12.0. The van der Waals surface area contributed by atoms with Crippen molar-refractivity contribution in [3.63, 3.8) is 0 Å². The van der Waals surface area contributed by atoms with Crippen molar-refractivity contribution in [1.82, 2.24) is 0 Å². The van der Waals surface area contributed by atoms with Crippen molar-refractivity contribution in [2.45, 2.75) is 34.1 Å². The van der Waals surface area contributed by atoms with Gasteiger partial charge in [0.1, 0.15) is 5.82 Å². The number of hydrogen-bond acceptors (Lipinski definition) is 1. The lowest BCUT2D eigenvalue weighted by atomic mass is 10.2. The number of rotatable bonds is 0. The van der Waals surface area contributed by atoms with Crippen LogP contribution >= 0.6 is 0 Å². The van der Waals surface area contributed by atoms with E-state index in [4.69, 9.17) is 0 Å². The summed E-state index contributed by atoms with van der Waals surface area (Å²) >= 11 is 0. The number of likely N-dealkylation sites (N-methyl/N-ethyl adjacent to an activating group) is 1. The molecule has 0 fully saturated rings. The summed E-state index contributed by atoms with van der Waals surface area (Å²) in [6, 6.07) is 5.27. The fourth-order valence-corrected chi connectivity index (χ4v) is 1.59. The van der Waals surface area contributed by atoms with Crippen molar-refractivity contribution < 1.29 is 4.39 Å². The van der Waals surface area contributed by atoms with Gasteiger partial charge in [0, 0.05) is 13.6 Å². The van der Waals surface area contributed by atoms with E-state index in [2.05, 4.69) is 0 Å². The molecule has 0 amide bonds.